The second kappa shape index (κ2) is 9.88. The Morgan fingerprint density at radius 2 is 1.83 bits per heavy atom. The Hall–Kier alpha value is -1.13. The summed E-state index contributed by atoms with van der Waals surface area (Å²) in [6.07, 6.45) is 14.0. The van der Waals surface area contributed by atoms with Crippen LogP contribution >= 0.6 is 0 Å². The zero-order valence-electron chi connectivity index (χ0n) is 24.1. The number of rotatable bonds is 5. The lowest BCUT2D eigenvalue weighted by atomic mass is 9.47. The molecule has 0 aromatic heterocycles. The van der Waals surface area contributed by atoms with Gasteiger partial charge in [0.05, 0.1) is 0 Å². The molecule has 1 heterocycles. The molecule has 2 N–H and O–H groups in total. The third-order valence-electron chi connectivity index (χ3n) is 12.0. The standard InChI is InChI=1S/C32H52N2O2/c1-19(2)22-14-17-34-29(22)18-20(3)24-10-11-25-23-8-9-27-30(36-21(4)35)28(33-7)13-16-32(27,6)26(23)12-15-31(24,25)5/h8,20,24-30,33-34H,9-18H2,1-7H3. The molecule has 4 aliphatic carbocycles. The Bertz CT molecular complexity index is 919. The van der Waals surface area contributed by atoms with Crippen molar-refractivity contribution >= 4 is 5.97 Å². The molecule has 10 atom stereocenters. The average molecular weight is 497 g/mol. The molecule has 1 aliphatic heterocycles. The van der Waals surface area contributed by atoms with E-state index in [1.54, 1.807) is 18.1 Å². The highest BCUT2D eigenvalue weighted by atomic mass is 16.5. The van der Waals surface area contributed by atoms with E-state index < -0.39 is 0 Å². The molecule has 3 saturated carbocycles. The van der Waals surface area contributed by atoms with Crippen molar-refractivity contribution in [2.45, 2.75) is 118 Å². The predicted octanol–water partition coefficient (Wildman–Crippen LogP) is 6.42. The number of carbonyl (C=O) groups excluding carboxylic acids is 1. The fourth-order valence-electron chi connectivity index (χ4n) is 10.2. The van der Waals surface area contributed by atoms with Crippen LogP contribution in [0.2, 0.25) is 0 Å². The number of allylic oxidation sites excluding steroid dienone is 3. The normalized spacial score (nSPS) is 44.8. The van der Waals surface area contributed by atoms with E-state index in [2.05, 4.69) is 51.3 Å². The topological polar surface area (TPSA) is 50.4 Å². The van der Waals surface area contributed by atoms with Crippen LogP contribution in [0, 0.1) is 40.4 Å². The van der Waals surface area contributed by atoms with Gasteiger partial charge in [0.15, 0.2) is 0 Å². The zero-order valence-corrected chi connectivity index (χ0v) is 24.1. The molecule has 1 saturated heterocycles. The first-order chi connectivity index (χ1) is 17.1. The zero-order chi connectivity index (χ0) is 25.8. The molecule has 0 amide bonds. The second-order valence-electron chi connectivity index (χ2n) is 13.9. The summed E-state index contributed by atoms with van der Waals surface area (Å²) in [6, 6.07) is 0.875. The summed E-state index contributed by atoms with van der Waals surface area (Å²) in [5.41, 5.74) is 5.69. The number of carbonyl (C=O) groups is 1. The third kappa shape index (κ3) is 4.23. The van der Waals surface area contributed by atoms with Gasteiger partial charge in [0.1, 0.15) is 6.10 Å². The van der Waals surface area contributed by atoms with Crippen LogP contribution in [0.3, 0.4) is 0 Å². The number of esters is 1. The number of hydrogen-bond donors (Lipinski definition) is 2. The van der Waals surface area contributed by atoms with Crippen LogP contribution in [-0.4, -0.2) is 37.7 Å². The number of hydrogen-bond acceptors (Lipinski definition) is 4. The van der Waals surface area contributed by atoms with Crippen molar-refractivity contribution in [3.8, 4) is 0 Å². The Labute approximate surface area is 220 Å². The molecular formula is C32H52N2O2. The minimum Gasteiger partial charge on any atom is -0.461 e. The lowest BCUT2D eigenvalue weighted by Gasteiger charge is -2.59. The van der Waals surface area contributed by atoms with Gasteiger partial charge in [0, 0.05) is 24.9 Å². The molecule has 202 valence electrons. The molecular weight excluding hydrogens is 444 g/mol. The first-order valence-electron chi connectivity index (χ1n) is 15.0. The van der Waals surface area contributed by atoms with Gasteiger partial charge in [-0.1, -0.05) is 43.6 Å². The Balaban J connectivity index is 1.37. The lowest BCUT2D eigenvalue weighted by Crippen LogP contribution is -2.58. The van der Waals surface area contributed by atoms with Crippen molar-refractivity contribution in [1.82, 2.24) is 10.6 Å². The second-order valence-corrected chi connectivity index (χ2v) is 13.9. The molecule has 0 radical (unpaired) electrons. The van der Waals surface area contributed by atoms with Gasteiger partial charge < -0.3 is 15.4 Å². The fraction of sp³-hybridized carbons (Fsp3) is 0.844. The van der Waals surface area contributed by atoms with Crippen LogP contribution in [0.25, 0.3) is 0 Å². The number of ether oxygens (including phenoxy) is 1. The largest absolute Gasteiger partial charge is 0.461 e. The van der Waals surface area contributed by atoms with E-state index in [0.29, 0.717) is 23.3 Å². The summed E-state index contributed by atoms with van der Waals surface area (Å²) >= 11 is 0. The van der Waals surface area contributed by atoms with Crippen LogP contribution in [0.4, 0.5) is 0 Å². The van der Waals surface area contributed by atoms with E-state index in [4.69, 9.17) is 4.74 Å². The molecule has 0 spiro atoms. The van der Waals surface area contributed by atoms with Crippen molar-refractivity contribution in [1.29, 1.82) is 0 Å². The van der Waals surface area contributed by atoms with Crippen LogP contribution < -0.4 is 10.6 Å². The molecule has 0 aromatic carbocycles. The highest BCUT2D eigenvalue weighted by Gasteiger charge is 2.60. The first-order valence-corrected chi connectivity index (χ1v) is 15.0. The maximum absolute atomic E-state index is 12.0. The SMILES string of the molecule is CNC1CCC2(C)C3CCC4(C)C(CCC4C(C)CC4NCCC4=C(C)C)C3=CCC2C1OC(C)=O. The molecule has 0 bridgehead atoms. The van der Waals surface area contributed by atoms with Crippen molar-refractivity contribution in [3.05, 3.63) is 22.8 Å². The van der Waals surface area contributed by atoms with Crippen molar-refractivity contribution < 1.29 is 9.53 Å². The Morgan fingerprint density at radius 3 is 2.53 bits per heavy atom. The highest BCUT2D eigenvalue weighted by Crippen LogP contribution is 2.67. The molecule has 4 fully saturated rings. The van der Waals surface area contributed by atoms with Crippen LogP contribution in [-0.2, 0) is 9.53 Å². The summed E-state index contributed by atoms with van der Waals surface area (Å²) in [4.78, 5) is 12.0. The average Bonchev–Trinajstić information content (AvgIpc) is 3.42. The van der Waals surface area contributed by atoms with E-state index in [9.17, 15) is 4.79 Å². The van der Waals surface area contributed by atoms with Crippen LogP contribution in [0.5, 0.6) is 0 Å². The molecule has 36 heavy (non-hydrogen) atoms. The van der Waals surface area contributed by atoms with Gasteiger partial charge in [-0.25, -0.2) is 0 Å². The summed E-state index contributed by atoms with van der Waals surface area (Å²) in [5.74, 6) is 3.29. The van der Waals surface area contributed by atoms with Crippen molar-refractivity contribution in [2.75, 3.05) is 13.6 Å². The van der Waals surface area contributed by atoms with Gasteiger partial charge in [0.2, 0.25) is 0 Å². The van der Waals surface area contributed by atoms with Gasteiger partial charge in [0.25, 0.3) is 0 Å². The number of likely N-dealkylation sites (N-methyl/N-ethyl adjacent to an activating group) is 1. The van der Waals surface area contributed by atoms with E-state index in [-0.39, 0.29) is 23.5 Å². The Kier molecular flexibility index (Phi) is 7.26. The third-order valence-corrected chi connectivity index (χ3v) is 12.0. The molecule has 4 heteroatoms. The smallest absolute Gasteiger partial charge is 0.302 e. The summed E-state index contributed by atoms with van der Waals surface area (Å²) in [6.45, 7) is 15.1. The van der Waals surface area contributed by atoms with Gasteiger partial charge in [-0.2, -0.15) is 0 Å². The summed E-state index contributed by atoms with van der Waals surface area (Å²) in [5, 5.41) is 7.30. The monoisotopic (exact) mass is 496 g/mol. The quantitative estimate of drug-likeness (QED) is 0.341. The van der Waals surface area contributed by atoms with E-state index >= 15 is 0 Å². The number of nitrogens with one attached hydrogen (secondary N) is 2. The maximum atomic E-state index is 12.0. The first kappa shape index (κ1) is 26.5. The Morgan fingerprint density at radius 1 is 1.11 bits per heavy atom. The molecule has 5 aliphatic rings. The van der Waals surface area contributed by atoms with Crippen molar-refractivity contribution in [2.24, 2.45) is 40.4 Å². The number of fused-ring (bicyclic) bond motifs is 5. The van der Waals surface area contributed by atoms with Gasteiger partial charge in [-0.05, 0) is 120 Å². The minimum atomic E-state index is -0.129. The molecule has 0 aromatic rings. The van der Waals surface area contributed by atoms with Gasteiger partial charge in [-0.15, -0.1) is 0 Å². The van der Waals surface area contributed by atoms with E-state index in [1.807, 2.05) is 7.05 Å². The molecule has 5 rings (SSSR count). The van der Waals surface area contributed by atoms with Crippen LogP contribution in [0.1, 0.15) is 99.3 Å². The summed E-state index contributed by atoms with van der Waals surface area (Å²) < 4.78 is 6.01. The predicted molar refractivity (Wildman–Crippen MR) is 148 cm³/mol. The lowest BCUT2D eigenvalue weighted by molar-refractivity contribution is -0.162. The van der Waals surface area contributed by atoms with Gasteiger partial charge in [-0.3, -0.25) is 4.79 Å². The van der Waals surface area contributed by atoms with Crippen molar-refractivity contribution in [3.63, 3.8) is 0 Å². The summed E-state index contributed by atoms with van der Waals surface area (Å²) in [7, 11) is 2.03. The van der Waals surface area contributed by atoms with E-state index in [1.165, 1.54) is 50.5 Å². The van der Waals surface area contributed by atoms with Crippen LogP contribution in [0.15, 0.2) is 22.8 Å². The van der Waals surface area contributed by atoms with E-state index in [0.717, 1.165) is 37.1 Å². The highest BCUT2D eigenvalue weighted by molar-refractivity contribution is 5.66. The minimum absolute atomic E-state index is 0.00288. The molecule has 10 unspecified atom stereocenters. The molecule has 4 nitrogen and oxygen atoms in total. The van der Waals surface area contributed by atoms with Gasteiger partial charge >= 0.3 is 5.97 Å². The maximum Gasteiger partial charge on any atom is 0.302 e. The fourth-order valence-corrected chi connectivity index (χ4v) is 10.2.